The number of benzene rings is 1. The molecule has 1 heterocycles. The molecule has 0 bridgehead atoms. The molecule has 0 aliphatic carbocycles. The molecule has 2 aromatic rings. The van der Waals surface area contributed by atoms with Crippen molar-refractivity contribution in [3.8, 4) is 11.4 Å². The van der Waals surface area contributed by atoms with Gasteiger partial charge in [-0.2, -0.15) is 0 Å². The van der Waals surface area contributed by atoms with Gasteiger partial charge in [-0.1, -0.05) is 12.1 Å². The fourth-order valence-electron chi connectivity index (χ4n) is 1.89. The Balaban J connectivity index is 2.38. The van der Waals surface area contributed by atoms with Crippen LogP contribution in [0.3, 0.4) is 0 Å². The Kier molecular flexibility index (Phi) is 3.46. The van der Waals surface area contributed by atoms with Crippen molar-refractivity contribution in [2.75, 3.05) is 5.32 Å². The minimum absolute atomic E-state index is 0.0700. The molecule has 0 atom stereocenters. The Morgan fingerprint density at radius 2 is 2.17 bits per heavy atom. The van der Waals surface area contributed by atoms with Gasteiger partial charge in [0.15, 0.2) is 0 Å². The van der Waals surface area contributed by atoms with E-state index >= 15 is 0 Å². The van der Waals surface area contributed by atoms with E-state index < -0.39 is 0 Å². The second-order valence-corrected chi connectivity index (χ2v) is 4.51. The SMILES string of the molecule is CC(=O)Nc1cccc(-c2nccn2C(C)C)c1. The molecule has 1 aromatic carbocycles. The van der Waals surface area contributed by atoms with E-state index in [0.717, 1.165) is 17.1 Å². The molecular formula is C14H17N3O. The number of anilines is 1. The van der Waals surface area contributed by atoms with Crippen molar-refractivity contribution in [2.45, 2.75) is 26.8 Å². The van der Waals surface area contributed by atoms with Crippen molar-refractivity contribution in [1.29, 1.82) is 0 Å². The van der Waals surface area contributed by atoms with E-state index in [1.165, 1.54) is 6.92 Å². The van der Waals surface area contributed by atoms with E-state index in [1.807, 2.05) is 30.5 Å². The molecule has 2 rings (SSSR count). The van der Waals surface area contributed by atoms with Gasteiger partial charge in [0, 0.05) is 36.6 Å². The quantitative estimate of drug-likeness (QED) is 0.900. The summed E-state index contributed by atoms with van der Waals surface area (Å²) in [4.78, 5) is 15.4. The molecule has 18 heavy (non-hydrogen) atoms. The first-order valence-corrected chi connectivity index (χ1v) is 5.99. The molecule has 1 amide bonds. The Hall–Kier alpha value is -2.10. The molecule has 4 heteroatoms. The van der Waals surface area contributed by atoms with Gasteiger partial charge in [-0.3, -0.25) is 4.79 Å². The van der Waals surface area contributed by atoms with Gasteiger partial charge < -0.3 is 9.88 Å². The smallest absolute Gasteiger partial charge is 0.221 e. The minimum Gasteiger partial charge on any atom is -0.328 e. The van der Waals surface area contributed by atoms with Crippen molar-refractivity contribution in [3.63, 3.8) is 0 Å². The maximum Gasteiger partial charge on any atom is 0.221 e. The molecule has 1 N–H and O–H groups in total. The Morgan fingerprint density at radius 1 is 1.39 bits per heavy atom. The summed E-state index contributed by atoms with van der Waals surface area (Å²) in [5, 5.41) is 2.78. The van der Waals surface area contributed by atoms with Crippen LogP contribution in [0.5, 0.6) is 0 Å². The number of imidazole rings is 1. The number of hydrogen-bond donors (Lipinski definition) is 1. The zero-order valence-corrected chi connectivity index (χ0v) is 10.8. The highest BCUT2D eigenvalue weighted by atomic mass is 16.1. The van der Waals surface area contributed by atoms with E-state index in [2.05, 4.69) is 28.7 Å². The van der Waals surface area contributed by atoms with Gasteiger partial charge in [-0.05, 0) is 26.0 Å². The maximum absolute atomic E-state index is 11.1. The fourth-order valence-corrected chi connectivity index (χ4v) is 1.89. The molecule has 0 fully saturated rings. The van der Waals surface area contributed by atoms with Crippen LogP contribution in [0, 0.1) is 0 Å². The minimum atomic E-state index is -0.0700. The van der Waals surface area contributed by atoms with Crippen LogP contribution in [0.4, 0.5) is 5.69 Å². The Labute approximate surface area is 107 Å². The van der Waals surface area contributed by atoms with Crippen LogP contribution in [0.15, 0.2) is 36.7 Å². The van der Waals surface area contributed by atoms with Crippen molar-refractivity contribution in [3.05, 3.63) is 36.7 Å². The lowest BCUT2D eigenvalue weighted by Crippen LogP contribution is -2.06. The van der Waals surface area contributed by atoms with E-state index in [-0.39, 0.29) is 5.91 Å². The lowest BCUT2D eigenvalue weighted by molar-refractivity contribution is -0.114. The third-order valence-corrected chi connectivity index (χ3v) is 2.67. The van der Waals surface area contributed by atoms with E-state index in [9.17, 15) is 4.79 Å². The molecule has 0 aliphatic heterocycles. The summed E-state index contributed by atoms with van der Waals surface area (Å²) in [6.45, 7) is 5.73. The number of aromatic nitrogens is 2. The molecular weight excluding hydrogens is 226 g/mol. The normalized spacial score (nSPS) is 10.7. The van der Waals surface area contributed by atoms with Crippen LogP contribution in [0.25, 0.3) is 11.4 Å². The predicted octanol–water partition coefficient (Wildman–Crippen LogP) is 3.09. The Morgan fingerprint density at radius 3 is 2.83 bits per heavy atom. The highest BCUT2D eigenvalue weighted by Gasteiger charge is 2.08. The van der Waals surface area contributed by atoms with Crippen LogP contribution in [0.1, 0.15) is 26.8 Å². The summed E-state index contributed by atoms with van der Waals surface area (Å²) in [5.74, 6) is 0.844. The number of carbonyl (C=O) groups is 1. The molecule has 0 aliphatic rings. The van der Waals surface area contributed by atoms with E-state index in [0.29, 0.717) is 6.04 Å². The number of carbonyl (C=O) groups excluding carboxylic acids is 1. The average molecular weight is 243 g/mol. The highest BCUT2D eigenvalue weighted by Crippen LogP contribution is 2.23. The first-order chi connectivity index (χ1) is 8.58. The summed E-state index contributed by atoms with van der Waals surface area (Å²) in [5.41, 5.74) is 1.79. The lowest BCUT2D eigenvalue weighted by atomic mass is 10.2. The second kappa shape index (κ2) is 5.04. The van der Waals surface area contributed by atoms with Crippen LogP contribution in [-0.2, 0) is 4.79 Å². The van der Waals surface area contributed by atoms with E-state index in [4.69, 9.17) is 0 Å². The van der Waals surface area contributed by atoms with Crippen molar-refractivity contribution in [2.24, 2.45) is 0 Å². The molecule has 0 saturated heterocycles. The first-order valence-electron chi connectivity index (χ1n) is 5.99. The van der Waals surface area contributed by atoms with Crippen LogP contribution < -0.4 is 5.32 Å². The van der Waals surface area contributed by atoms with Crippen LogP contribution in [0.2, 0.25) is 0 Å². The molecule has 94 valence electrons. The van der Waals surface area contributed by atoms with Gasteiger partial charge >= 0.3 is 0 Å². The first kappa shape index (κ1) is 12.4. The largest absolute Gasteiger partial charge is 0.328 e. The highest BCUT2D eigenvalue weighted by molar-refractivity contribution is 5.89. The summed E-state index contributed by atoms with van der Waals surface area (Å²) in [6.07, 6.45) is 3.76. The van der Waals surface area contributed by atoms with Crippen molar-refractivity contribution < 1.29 is 4.79 Å². The average Bonchev–Trinajstić information content (AvgIpc) is 2.77. The summed E-state index contributed by atoms with van der Waals surface area (Å²) in [6, 6.07) is 8.06. The second-order valence-electron chi connectivity index (χ2n) is 4.51. The molecule has 0 spiro atoms. The molecule has 0 saturated carbocycles. The zero-order valence-electron chi connectivity index (χ0n) is 10.8. The Bertz CT molecular complexity index is 558. The molecule has 4 nitrogen and oxygen atoms in total. The number of hydrogen-bond acceptors (Lipinski definition) is 2. The molecule has 0 unspecified atom stereocenters. The molecule has 1 aromatic heterocycles. The summed E-state index contributed by atoms with van der Waals surface area (Å²) >= 11 is 0. The summed E-state index contributed by atoms with van der Waals surface area (Å²) in [7, 11) is 0. The van der Waals surface area contributed by atoms with Gasteiger partial charge in [-0.25, -0.2) is 4.98 Å². The lowest BCUT2D eigenvalue weighted by Gasteiger charge is -2.12. The van der Waals surface area contributed by atoms with Gasteiger partial charge in [0.2, 0.25) is 5.91 Å². The van der Waals surface area contributed by atoms with Crippen molar-refractivity contribution in [1.82, 2.24) is 9.55 Å². The maximum atomic E-state index is 11.1. The standard InChI is InChI=1S/C14H17N3O/c1-10(2)17-8-7-15-14(17)12-5-4-6-13(9-12)16-11(3)18/h4-10H,1-3H3,(H,16,18). The summed E-state index contributed by atoms with van der Waals surface area (Å²) < 4.78 is 2.10. The fraction of sp³-hybridized carbons (Fsp3) is 0.286. The van der Waals surface area contributed by atoms with Gasteiger partial charge in [-0.15, -0.1) is 0 Å². The molecule has 0 radical (unpaired) electrons. The van der Waals surface area contributed by atoms with Gasteiger partial charge in [0.05, 0.1) is 0 Å². The van der Waals surface area contributed by atoms with Crippen LogP contribution in [-0.4, -0.2) is 15.5 Å². The van der Waals surface area contributed by atoms with Gasteiger partial charge in [0.1, 0.15) is 5.82 Å². The number of rotatable bonds is 3. The third-order valence-electron chi connectivity index (χ3n) is 2.67. The predicted molar refractivity (Wildman–Crippen MR) is 72.4 cm³/mol. The topological polar surface area (TPSA) is 46.9 Å². The third kappa shape index (κ3) is 2.59. The number of nitrogens with one attached hydrogen (secondary N) is 1. The van der Waals surface area contributed by atoms with Gasteiger partial charge in [0.25, 0.3) is 0 Å². The number of amides is 1. The van der Waals surface area contributed by atoms with E-state index in [1.54, 1.807) is 6.20 Å². The van der Waals surface area contributed by atoms with Crippen molar-refractivity contribution >= 4 is 11.6 Å². The monoisotopic (exact) mass is 243 g/mol. The number of nitrogens with zero attached hydrogens (tertiary/aromatic N) is 2. The zero-order chi connectivity index (χ0) is 13.1. The van der Waals surface area contributed by atoms with Crippen LogP contribution >= 0.6 is 0 Å².